The third-order valence-corrected chi connectivity index (χ3v) is 6.27. The fourth-order valence-corrected chi connectivity index (χ4v) is 4.24. The number of non-ortho nitro benzene ring substituents is 1. The number of anilines is 1. The summed E-state index contributed by atoms with van der Waals surface area (Å²) >= 11 is 6.14. The summed E-state index contributed by atoms with van der Waals surface area (Å²) in [6.07, 6.45) is 0.974. The highest BCUT2D eigenvalue weighted by Crippen LogP contribution is 2.44. The van der Waals surface area contributed by atoms with Crippen LogP contribution in [0.15, 0.2) is 60.7 Å². The molecule has 4 rings (SSSR count). The van der Waals surface area contributed by atoms with E-state index in [2.05, 4.69) is 0 Å². The lowest BCUT2D eigenvalue weighted by atomic mass is 9.86. The minimum Gasteiger partial charge on any atom is -0.493 e. The van der Waals surface area contributed by atoms with Crippen molar-refractivity contribution in [1.29, 1.82) is 0 Å². The molecular weight excluding hydrogens is 456 g/mol. The molecule has 0 fully saturated rings. The van der Waals surface area contributed by atoms with E-state index in [1.807, 2.05) is 38.1 Å². The van der Waals surface area contributed by atoms with Crippen molar-refractivity contribution in [2.24, 2.45) is 0 Å². The minimum absolute atomic E-state index is 0.0167. The first kappa shape index (κ1) is 23.6. The molecule has 0 saturated carbocycles. The summed E-state index contributed by atoms with van der Waals surface area (Å²) in [4.78, 5) is 25.8. The zero-order chi connectivity index (χ0) is 24.4. The molecule has 1 aliphatic heterocycles. The Morgan fingerprint density at radius 3 is 2.38 bits per heavy atom. The average Bonchev–Trinajstić information content (AvgIpc) is 2.83. The number of amides is 1. The topological polar surface area (TPSA) is 81.9 Å². The standard InChI is InChI=1S/C26H25ClN2O5/c1-4-16(2)34-24-15-22-18(13-23(24)33-3)14-25(30)28(20-9-11-21(12-10-20)29(31)32)26(22)17-5-7-19(27)8-6-17/h5-13,15-16,26H,4,14H2,1-3H3/t16-,26?/m1/s1. The summed E-state index contributed by atoms with van der Waals surface area (Å²) in [6.45, 7) is 4.03. The molecular formula is C26H25ClN2O5. The van der Waals surface area contributed by atoms with Gasteiger partial charge in [0.2, 0.25) is 5.91 Å². The van der Waals surface area contributed by atoms with Crippen LogP contribution in [0.5, 0.6) is 11.5 Å². The smallest absolute Gasteiger partial charge is 0.269 e. The van der Waals surface area contributed by atoms with Crippen molar-refractivity contribution in [1.82, 2.24) is 0 Å². The molecule has 3 aromatic rings. The van der Waals surface area contributed by atoms with Crippen LogP contribution in [0.1, 0.15) is 43.0 Å². The van der Waals surface area contributed by atoms with E-state index in [9.17, 15) is 14.9 Å². The maximum Gasteiger partial charge on any atom is 0.269 e. The van der Waals surface area contributed by atoms with Gasteiger partial charge in [-0.3, -0.25) is 14.9 Å². The number of nitro groups is 1. The molecule has 0 saturated heterocycles. The van der Waals surface area contributed by atoms with Crippen molar-refractivity contribution in [3.05, 3.63) is 92.5 Å². The van der Waals surface area contributed by atoms with Crippen molar-refractivity contribution < 1.29 is 19.2 Å². The SMILES string of the molecule is CC[C@@H](C)Oc1cc2c(cc1OC)CC(=O)N(c1ccc([N+](=O)[O-])cc1)C2c1ccc(Cl)cc1. The number of nitro benzene ring substituents is 1. The molecule has 0 N–H and O–H groups in total. The van der Waals surface area contributed by atoms with Gasteiger partial charge in [0.05, 0.1) is 30.6 Å². The van der Waals surface area contributed by atoms with E-state index >= 15 is 0 Å². The average molecular weight is 481 g/mol. The summed E-state index contributed by atoms with van der Waals surface area (Å²) in [7, 11) is 1.58. The number of hydrogen-bond donors (Lipinski definition) is 0. The van der Waals surface area contributed by atoms with Crippen molar-refractivity contribution in [2.75, 3.05) is 12.0 Å². The van der Waals surface area contributed by atoms with Crippen molar-refractivity contribution in [3.63, 3.8) is 0 Å². The lowest BCUT2D eigenvalue weighted by Crippen LogP contribution is -2.41. The second kappa shape index (κ2) is 9.73. The third-order valence-electron chi connectivity index (χ3n) is 6.02. The van der Waals surface area contributed by atoms with Crippen LogP contribution in [0.3, 0.4) is 0 Å². The maximum atomic E-state index is 13.4. The molecule has 0 aliphatic carbocycles. The van der Waals surface area contributed by atoms with E-state index < -0.39 is 11.0 Å². The fourth-order valence-electron chi connectivity index (χ4n) is 4.11. The summed E-state index contributed by atoms with van der Waals surface area (Å²) in [5.41, 5.74) is 3.14. The number of rotatable bonds is 7. The molecule has 176 valence electrons. The molecule has 0 aromatic heterocycles. The second-order valence-corrected chi connectivity index (χ2v) is 8.64. The lowest BCUT2D eigenvalue weighted by Gasteiger charge is -2.38. The van der Waals surface area contributed by atoms with E-state index in [-0.39, 0.29) is 24.1 Å². The summed E-state index contributed by atoms with van der Waals surface area (Å²) in [5.74, 6) is 1.05. The van der Waals surface area contributed by atoms with Crippen molar-refractivity contribution >= 4 is 28.9 Å². The largest absolute Gasteiger partial charge is 0.493 e. The van der Waals surface area contributed by atoms with Gasteiger partial charge in [0, 0.05) is 22.8 Å². The van der Waals surface area contributed by atoms with E-state index in [0.717, 1.165) is 23.1 Å². The van der Waals surface area contributed by atoms with Gasteiger partial charge in [-0.25, -0.2) is 0 Å². The van der Waals surface area contributed by atoms with E-state index in [1.54, 1.807) is 36.3 Å². The first-order valence-corrected chi connectivity index (χ1v) is 11.4. The van der Waals surface area contributed by atoms with Gasteiger partial charge in [-0.05, 0) is 66.4 Å². The molecule has 0 bridgehead atoms. The van der Waals surface area contributed by atoms with Crippen molar-refractivity contribution in [2.45, 2.75) is 38.8 Å². The van der Waals surface area contributed by atoms with Crippen LogP contribution in [0.2, 0.25) is 5.02 Å². The number of halogens is 1. The molecule has 1 amide bonds. The molecule has 7 nitrogen and oxygen atoms in total. The Morgan fingerprint density at radius 1 is 1.12 bits per heavy atom. The van der Waals surface area contributed by atoms with Crippen LogP contribution in [-0.2, 0) is 11.2 Å². The van der Waals surface area contributed by atoms with E-state index in [4.69, 9.17) is 21.1 Å². The van der Waals surface area contributed by atoms with Gasteiger partial charge in [0.1, 0.15) is 0 Å². The lowest BCUT2D eigenvalue weighted by molar-refractivity contribution is -0.384. The molecule has 0 radical (unpaired) electrons. The molecule has 8 heteroatoms. The van der Waals surface area contributed by atoms with Crippen LogP contribution in [0, 0.1) is 10.1 Å². The van der Waals surface area contributed by atoms with Gasteiger partial charge in [-0.2, -0.15) is 0 Å². The zero-order valence-electron chi connectivity index (χ0n) is 19.2. The van der Waals surface area contributed by atoms with Crippen LogP contribution < -0.4 is 14.4 Å². The predicted octanol–water partition coefficient (Wildman–Crippen LogP) is 6.11. The molecule has 1 aliphatic rings. The van der Waals surface area contributed by atoms with Gasteiger partial charge >= 0.3 is 0 Å². The molecule has 2 atom stereocenters. The monoisotopic (exact) mass is 480 g/mol. The Hall–Kier alpha value is -3.58. The number of carbonyl (C=O) groups is 1. The number of benzene rings is 3. The van der Waals surface area contributed by atoms with Gasteiger partial charge in [-0.1, -0.05) is 30.7 Å². The number of carbonyl (C=O) groups excluding carboxylic acids is 1. The summed E-state index contributed by atoms with van der Waals surface area (Å²) < 4.78 is 11.7. The molecule has 3 aromatic carbocycles. The summed E-state index contributed by atoms with van der Waals surface area (Å²) in [5, 5.41) is 11.7. The van der Waals surface area contributed by atoms with Gasteiger partial charge < -0.3 is 14.4 Å². The molecule has 34 heavy (non-hydrogen) atoms. The first-order chi connectivity index (χ1) is 16.3. The Labute approximate surface area is 203 Å². The Kier molecular flexibility index (Phi) is 6.75. The van der Waals surface area contributed by atoms with Crippen LogP contribution in [0.25, 0.3) is 0 Å². The van der Waals surface area contributed by atoms with E-state index in [0.29, 0.717) is 22.2 Å². The number of fused-ring (bicyclic) bond motifs is 1. The normalized spacial score (nSPS) is 16.1. The van der Waals surface area contributed by atoms with Gasteiger partial charge in [0.25, 0.3) is 5.69 Å². The molecule has 1 heterocycles. The van der Waals surface area contributed by atoms with Crippen LogP contribution >= 0.6 is 11.6 Å². The van der Waals surface area contributed by atoms with E-state index in [1.165, 1.54) is 12.1 Å². The molecule has 1 unspecified atom stereocenters. The van der Waals surface area contributed by atoms with Crippen LogP contribution in [0.4, 0.5) is 11.4 Å². The Bertz CT molecular complexity index is 1210. The van der Waals surface area contributed by atoms with Gasteiger partial charge in [-0.15, -0.1) is 0 Å². The van der Waals surface area contributed by atoms with Crippen LogP contribution in [-0.4, -0.2) is 24.0 Å². The highest BCUT2D eigenvalue weighted by molar-refractivity contribution is 6.30. The first-order valence-electron chi connectivity index (χ1n) is 11.0. The maximum absolute atomic E-state index is 13.4. The zero-order valence-corrected chi connectivity index (χ0v) is 19.9. The number of nitrogens with zero attached hydrogens (tertiary/aromatic N) is 2. The van der Waals surface area contributed by atoms with Gasteiger partial charge in [0.15, 0.2) is 11.5 Å². The second-order valence-electron chi connectivity index (χ2n) is 8.21. The van der Waals surface area contributed by atoms with Crippen molar-refractivity contribution in [3.8, 4) is 11.5 Å². The number of methoxy groups -OCH3 is 1. The number of hydrogen-bond acceptors (Lipinski definition) is 5. The highest BCUT2D eigenvalue weighted by atomic mass is 35.5. The number of ether oxygens (including phenoxy) is 2. The minimum atomic E-state index is -0.472. The highest BCUT2D eigenvalue weighted by Gasteiger charge is 2.36. The third kappa shape index (κ3) is 4.56. The fraction of sp³-hybridized carbons (Fsp3) is 0.269. The quantitative estimate of drug-likeness (QED) is 0.301. The predicted molar refractivity (Wildman–Crippen MR) is 131 cm³/mol. The Balaban J connectivity index is 1.89. The molecule has 0 spiro atoms. The Morgan fingerprint density at radius 2 is 1.79 bits per heavy atom. The summed E-state index contributed by atoms with van der Waals surface area (Å²) in [6, 6.07) is 16.7.